The van der Waals surface area contributed by atoms with E-state index in [4.69, 9.17) is 19.3 Å². The van der Waals surface area contributed by atoms with Gasteiger partial charge in [0.15, 0.2) is 11.5 Å². The second kappa shape index (κ2) is 8.75. The van der Waals surface area contributed by atoms with Crippen LogP contribution in [-0.2, 0) is 11.4 Å². The maximum Gasteiger partial charge on any atom is 0.248 e. The van der Waals surface area contributed by atoms with Gasteiger partial charge in [0.05, 0.1) is 27.9 Å². The molecule has 0 fully saturated rings. The number of carbonyl (C=O) groups is 1. The van der Waals surface area contributed by atoms with E-state index in [0.29, 0.717) is 28.5 Å². The summed E-state index contributed by atoms with van der Waals surface area (Å²) in [5.74, 6) is 1.34. The van der Waals surface area contributed by atoms with Crippen LogP contribution in [0.25, 0.3) is 6.08 Å². The van der Waals surface area contributed by atoms with Gasteiger partial charge in [-0.25, -0.2) is 0 Å². The molecule has 0 heterocycles. The van der Waals surface area contributed by atoms with Crippen LogP contribution in [-0.4, -0.2) is 32.3 Å². The summed E-state index contributed by atoms with van der Waals surface area (Å²) in [6.45, 7) is -0.0810. The van der Waals surface area contributed by atoms with Crippen molar-refractivity contribution in [3.05, 3.63) is 53.6 Å². The minimum atomic E-state index is -0.299. The third-order valence-corrected chi connectivity index (χ3v) is 3.53. The molecule has 0 radical (unpaired) electrons. The third kappa shape index (κ3) is 4.74. The number of rotatable bonds is 7. The number of ether oxygens (including phenoxy) is 3. The molecule has 0 aromatic heterocycles. The molecule has 0 unspecified atom stereocenters. The van der Waals surface area contributed by atoms with Gasteiger partial charge < -0.3 is 24.6 Å². The van der Waals surface area contributed by atoms with Gasteiger partial charge in [-0.15, -0.1) is 0 Å². The summed E-state index contributed by atoms with van der Waals surface area (Å²) in [6, 6.07) is 10.4. The highest BCUT2D eigenvalue weighted by Gasteiger charge is 2.10. The molecule has 2 rings (SSSR count). The zero-order chi connectivity index (χ0) is 18.2. The van der Waals surface area contributed by atoms with E-state index in [-0.39, 0.29) is 12.5 Å². The number of methoxy groups -OCH3 is 3. The van der Waals surface area contributed by atoms with Crippen LogP contribution in [0.4, 0.5) is 5.69 Å². The van der Waals surface area contributed by atoms with Crippen molar-refractivity contribution in [2.24, 2.45) is 0 Å². The Morgan fingerprint density at radius 3 is 2.36 bits per heavy atom. The molecular weight excluding hydrogens is 322 g/mol. The van der Waals surface area contributed by atoms with Crippen LogP contribution in [0.3, 0.4) is 0 Å². The average Bonchev–Trinajstić information content (AvgIpc) is 2.65. The van der Waals surface area contributed by atoms with E-state index in [1.807, 2.05) is 0 Å². The number of carbonyl (C=O) groups excluding carboxylic acids is 1. The minimum absolute atomic E-state index is 0.0810. The Hall–Kier alpha value is -2.99. The first kappa shape index (κ1) is 18.4. The normalized spacial score (nSPS) is 10.6. The molecule has 0 bridgehead atoms. The lowest BCUT2D eigenvalue weighted by atomic mass is 10.1. The summed E-state index contributed by atoms with van der Waals surface area (Å²) in [5.41, 5.74) is 2.02. The molecule has 0 aliphatic carbocycles. The van der Waals surface area contributed by atoms with Gasteiger partial charge in [0, 0.05) is 23.4 Å². The van der Waals surface area contributed by atoms with Crippen LogP contribution in [0.5, 0.6) is 17.2 Å². The van der Waals surface area contributed by atoms with E-state index in [2.05, 4.69) is 5.32 Å². The lowest BCUT2D eigenvalue weighted by molar-refractivity contribution is -0.111. The van der Waals surface area contributed by atoms with Gasteiger partial charge in [-0.05, 0) is 29.8 Å². The highest BCUT2D eigenvalue weighted by Crippen LogP contribution is 2.35. The lowest BCUT2D eigenvalue weighted by Crippen LogP contribution is -2.08. The van der Waals surface area contributed by atoms with Gasteiger partial charge in [-0.1, -0.05) is 12.1 Å². The SMILES string of the molecule is COc1cc(OC)c(OC)cc1/C=C/C(=O)Nc1cccc(CO)c1. The van der Waals surface area contributed by atoms with Gasteiger partial charge in [-0.2, -0.15) is 0 Å². The highest BCUT2D eigenvalue weighted by molar-refractivity contribution is 6.02. The van der Waals surface area contributed by atoms with Crippen molar-refractivity contribution < 1.29 is 24.1 Å². The van der Waals surface area contributed by atoms with Crippen molar-refractivity contribution in [1.82, 2.24) is 0 Å². The number of hydrogen-bond donors (Lipinski definition) is 2. The molecule has 0 aliphatic heterocycles. The Kier molecular flexibility index (Phi) is 6.42. The standard InChI is InChI=1S/C19H21NO5/c1-23-16-11-18(25-3)17(24-2)10-14(16)7-8-19(22)20-15-6-4-5-13(9-15)12-21/h4-11,21H,12H2,1-3H3,(H,20,22)/b8-7+. The summed E-state index contributed by atoms with van der Waals surface area (Å²) in [6.07, 6.45) is 3.03. The van der Waals surface area contributed by atoms with Crippen molar-refractivity contribution >= 4 is 17.7 Å². The smallest absolute Gasteiger partial charge is 0.248 e. The molecule has 2 aromatic carbocycles. The fourth-order valence-electron chi connectivity index (χ4n) is 2.28. The van der Waals surface area contributed by atoms with Gasteiger partial charge in [-0.3, -0.25) is 4.79 Å². The van der Waals surface area contributed by atoms with Crippen LogP contribution in [0.2, 0.25) is 0 Å². The summed E-state index contributed by atoms with van der Waals surface area (Å²) >= 11 is 0. The van der Waals surface area contributed by atoms with Gasteiger partial charge >= 0.3 is 0 Å². The molecule has 0 saturated carbocycles. The lowest BCUT2D eigenvalue weighted by Gasteiger charge is -2.12. The Balaban J connectivity index is 2.18. The van der Waals surface area contributed by atoms with Crippen LogP contribution in [0.1, 0.15) is 11.1 Å². The van der Waals surface area contributed by atoms with Gasteiger partial charge in [0.25, 0.3) is 0 Å². The van der Waals surface area contributed by atoms with Crippen molar-refractivity contribution in [2.45, 2.75) is 6.61 Å². The molecule has 0 atom stereocenters. The van der Waals surface area contributed by atoms with E-state index in [1.54, 1.807) is 63.8 Å². The van der Waals surface area contributed by atoms with E-state index >= 15 is 0 Å². The van der Waals surface area contributed by atoms with Crippen LogP contribution in [0.15, 0.2) is 42.5 Å². The van der Waals surface area contributed by atoms with E-state index in [1.165, 1.54) is 6.08 Å². The Morgan fingerprint density at radius 2 is 1.72 bits per heavy atom. The Bertz CT molecular complexity index is 770. The molecule has 0 aliphatic rings. The van der Waals surface area contributed by atoms with Crippen molar-refractivity contribution in [1.29, 1.82) is 0 Å². The highest BCUT2D eigenvalue weighted by atomic mass is 16.5. The quantitative estimate of drug-likeness (QED) is 0.756. The third-order valence-electron chi connectivity index (χ3n) is 3.53. The number of anilines is 1. The molecule has 6 nitrogen and oxygen atoms in total. The van der Waals surface area contributed by atoms with Crippen LogP contribution in [0, 0.1) is 0 Å². The summed E-state index contributed by atoms with van der Waals surface area (Å²) in [5, 5.41) is 11.9. The van der Waals surface area contributed by atoms with Crippen molar-refractivity contribution in [2.75, 3.05) is 26.6 Å². The first-order chi connectivity index (χ1) is 12.1. The number of hydrogen-bond acceptors (Lipinski definition) is 5. The average molecular weight is 343 g/mol. The fourth-order valence-corrected chi connectivity index (χ4v) is 2.28. The van der Waals surface area contributed by atoms with E-state index < -0.39 is 0 Å². The number of aliphatic hydroxyl groups excluding tert-OH is 1. The molecule has 1 amide bonds. The molecule has 6 heteroatoms. The number of aliphatic hydroxyl groups is 1. The first-order valence-corrected chi connectivity index (χ1v) is 7.60. The molecular formula is C19H21NO5. The zero-order valence-corrected chi connectivity index (χ0v) is 14.4. The number of nitrogens with one attached hydrogen (secondary N) is 1. The topological polar surface area (TPSA) is 77.0 Å². The molecule has 132 valence electrons. The largest absolute Gasteiger partial charge is 0.496 e. The molecule has 0 spiro atoms. The predicted molar refractivity (Wildman–Crippen MR) is 96.1 cm³/mol. The summed E-state index contributed by atoms with van der Waals surface area (Å²) in [4.78, 5) is 12.1. The Labute approximate surface area is 146 Å². The van der Waals surface area contributed by atoms with Crippen molar-refractivity contribution in [3.8, 4) is 17.2 Å². The first-order valence-electron chi connectivity index (χ1n) is 7.60. The summed E-state index contributed by atoms with van der Waals surface area (Å²) < 4.78 is 15.8. The minimum Gasteiger partial charge on any atom is -0.496 e. The monoisotopic (exact) mass is 343 g/mol. The molecule has 2 aromatic rings. The fraction of sp³-hybridized carbons (Fsp3) is 0.211. The molecule has 25 heavy (non-hydrogen) atoms. The predicted octanol–water partition coefficient (Wildman–Crippen LogP) is 2.86. The molecule has 0 saturated heterocycles. The Morgan fingerprint density at radius 1 is 1.04 bits per heavy atom. The maximum atomic E-state index is 12.1. The second-order valence-corrected chi connectivity index (χ2v) is 5.13. The number of benzene rings is 2. The van der Waals surface area contributed by atoms with E-state index in [0.717, 1.165) is 5.56 Å². The maximum absolute atomic E-state index is 12.1. The summed E-state index contributed by atoms with van der Waals surface area (Å²) in [7, 11) is 4.62. The van der Waals surface area contributed by atoms with Crippen molar-refractivity contribution in [3.63, 3.8) is 0 Å². The van der Waals surface area contributed by atoms with Crippen LogP contribution < -0.4 is 19.5 Å². The van der Waals surface area contributed by atoms with Crippen LogP contribution >= 0.6 is 0 Å². The zero-order valence-electron chi connectivity index (χ0n) is 14.4. The van der Waals surface area contributed by atoms with Gasteiger partial charge in [0.2, 0.25) is 5.91 Å². The number of amides is 1. The second-order valence-electron chi connectivity index (χ2n) is 5.13. The molecule has 2 N–H and O–H groups in total. The van der Waals surface area contributed by atoms with Gasteiger partial charge in [0.1, 0.15) is 5.75 Å². The van der Waals surface area contributed by atoms with E-state index in [9.17, 15) is 4.79 Å².